The van der Waals surface area contributed by atoms with E-state index in [0.29, 0.717) is 23.5 Å². The van der Waals surface area contributed by atoms with E-state index in [2.05, 4.69) is 47.6 Å². The maximum absolute atomic E-state index is 12.1. The monoisotopic (exact) mass is 443 g/mol. The van der Waals surface area contributed by atoms with E-state index in [0.717, 1.165) is 57.2 Å². The largest absolute Gasteiger partial charge is 0.508 e. The summed E-state index contributed by atoms with van der Waals surface area (Å²) < 4.78 is 1.89. The summed E-state index contributed by atoms with van der Waals surface area (Å²) in [5.74, 6) is 1.98. The lowest BCUT2D eigenvalue weighted by molar-refractivity contribution is -0.111. The number of aliphatic hydroxyl groups is 1. The van der Waals surface area contributed by atoms with Gasteiger partial charge in [0.15, 0.2) is 0 Å². The lowest BCUT2D eigenvalue weighted by Gasteiger charge is -2.52. The summed E-state index contributed by atoms with van der Waals surface area (Å²) in [6.45, 7) is 3.07. The number of phenolic OH excluding ortho intramolecular Hbond substituents is 1. The fraction of sp³-hybridized carbons (Fsp3) is 0.500. The summed E-state index contributed by atoms with van der Waals surface area (Å²) in [5, 5.41) is 30.9. The highest BCUT2D eigenvalue weighted by Gasteiger charge is 2.63. The van der Waals surface area contributed by atoms with Crippen LogP contribution >= 0.6 is 0 Å². The van der Waals surface area contributed by atoms with Gasteiger partial charge in [-0.3, -0.25) is 4.68 Å². The molecule has 0 saturated heterocycles. The van der Waals surface area contributed by atoms with Crippen molar-refractivity contribution in [2.45, 2.75) is 69.9 Å². The van der Waals surface area contributed by atoms with Gasteiger partial charge >= 0.3 is 0 Å². The van der Waals surface area contributed by atoms with Crippen LogP contribution in [-0.2, 0) is 25.0 Å². The van der Waals surface area contributed by atoms with E-state index in [1.165, 1.54) is 16.7 Å². The topological polar surface area (TPSA) is 71.2 Å². The summed E-state index contributed by atoms with van der Waals surface area (Å²) >= 11 is 0. The smallest absolute Gasteiger partial charge is 0.116 e. The lowest BCUT2D eigenvalue weighted by Crippen LogP contribution is -2.49. The molecule has 3 aliphatic carbocycles. The molecule has 1 aromatic heterocycles. The minimum Gasteiger partial charge on any atom is -0.508 e. The minimum atomic E-state index is -0.914. The number of aromatic nitrogens is 3. The highest BCUT2D eigenvalue weighted by atomic mass is 16.3. The van der Waals surface area contributed by atoms with Crippen molar-refractivity contribution >= 4 is 0 Å². The van der Waals surface area contributed by atoms with Gasteiger partial charge < -0.3 is 10.2 Å². The highest BCUT2D eigenvalue weighted by Crippen LogP contribution is 2.66. The summed E-state index contributed by atoms with van der Waals surface area (Å²) in [4.78, 5) is 0. The molecule has 0 amide bonds. The van der Waals surface area contributed by atoms with Crippen LogP contribution in [0.1, 0.15) is 67.3 Å². The summed E-state index contributed by atoms with van der Waals surface area (Å²) in [7, 11) is 0. The molecule has 2 aromatic carbocycles. The van der Waals surface area contributed by atoms with Gasteiger partial charge in [-0.05, 0) is 91.5 Å². The second-order valence-electron chi connectivity index (χ2n) is 10.8. The number of aromatic hydroxyl groups is 1. The number of hydrogen-bond donors (Lipinski definition) is 2. The molecule has 3 aromatic rings. The molecule has 6 rings (SSSR count). The Bertz CT molecular complexity index is 1160. The summed E-state index contributed by atoms with van der Waals surface area (Å²) in [6.07, 6.45) is 8.93. The fourth-order valence-electron chi connectivity index (χ4n) is 7.49. The van der Waals surface area contributed by atoms with Gasteiger partial charge in [-0.2, -0.15) is 0 Å². The normalized spacial score (nSPS) is 32.7. The third-order valence-electron chi connectivity index (χ3n) is 9.30. The molecule has 33 heavy (non-hydrogen) atoms. The van der Waals surface area contributed by atoms with Crippen molar-refractivity contribution < 1.29 is 10.2 Å². The Kier molecular flexibility index (Phi) is 4.88. The molecule has 5 atom stereocenters. The first-order chi connectivity index (χ1) is 16.0. The van der Waals surface area contributed by atoms with Crippen molar-refractivity contribution in [3.63, 3.8) is 0 Å². The molecule has 1 heterocycles. The third-order valence-corrected chi connectivity index (χ3v) is 9.30. The number of nitrogens with zero attached hydrogens (tertiary/aromatic N) is 3. The Hall–Kier alpha value is -2.66. The molecule has 5 heteroatoms. The van der Waals surface area contributed by atoms with E-state index in [4.69, 9.17) is 0 Å². The van der Waals surface area contributed by atoms with E-state index in [1.54, 1.807) is 0 Å². The van der Waals surface area contributed by atoms with Crippen molar-refractivity contribution in [2.24, 2.45) is 17.3 Å². The van der Waals surface area contributed by atoms with Crippen LogP contribution in [0.5, 0.6) is 5.75 Å². The number of rotatable bonds is 4. The molecule has 2 fully saturated rings. The average molecular weight is 444 g/mol. The number of hydrogen-bond acceptors (Lipinski definition) is 4. The Labute approximate surface area is 195 Å². The van der Waals surface area contributed by atoms with Gasteiger partial charge in [0.05, 0.1) is 6.20 Å². The zero-order chi connectivity index (χ0) is 22.6. The van der Waals surface area contributed by atoms with Crippen LogP contribution in [0.2, 0.25) is 0 Å². The van der Waals surface area contributed by atoms with Gasteiger partial charge in [0, 0.05) is 12.0 Å². The van der Waals surface area contributed by atoms with Gasteiger partial charge in [0.2, 0.25) is 0 Å². The average Bonchev–Trinajstić information content (AvgIpc) is 3.41. The Morgan fingerprint density at radius 3 is 2.76 bits per heavy atom. The molecule has 5 nitrogen and oxygen atoms in total. The SMILES string of the molecule is C[C@]12CC[C@@H]3c4ccc(O)cc4CC[C@H]3[C@@H]1CC[C@@]2(O)c1cn(CCc2ccccc2)nn1. The second kappa shape index (κ2) is 7.69. The first-order valence-electron chi connectivity index (χ1n) is 12.5. The molecule has 2 N–H and O–H groups in total. The molecule has 0 spiro atoms. The van der Waals surface area contributed by atoms with Crippen LogP contribution in [0, 0.1) is 17.3 Å². The number of aryl methyl sites for hydroxylation is 3. The number of fused-ring (bicyclic) bond motifs is 5. The van der Waals surface area contributed by atoms with Crippen LogP contribution in [-0.4, -0.2) is 25.2 Å². The van der Waals surface area contributed by atoms with Gasteiger partial charge in [0.1, 0.15) is 17.0 Å². The zero-order valence-corrected chi connectivity index (χ0v) is 19.3. The second-order valence-corrected chi connectivity index (χ2v) is 10.8. The molecule has 0 bridgehead atoms. The standard InChI is InChI=1S/C28H33N3O2/c1-27-14-11-23-22-10-8-21(32)17-20(22)7-9-24(23)25(27)12-15-28(27,33)26-18-31(30-29-26)16-13-19-5-3-2-4-6-19/h2-6,8,10,17-18,23-25,32-33H,7,9,11-16H2,1H3/t23-,24-,25+,27+,28-/m1/s1. The fourth-order valence-corrected chi connectivity index (χ4v) is 7.49. The van der Waals surface area contributed by atoms with Crippen LogP contribution in [0.3, 0.4) is 0 Å². The van der Waals surface area contributed by atoms with E-state index in [9.17, 15) is 10.2 Å². The van der Waals surface area contributed by atoms with Crippen LogP contribution < -0.4 is 0 Å². The lowest BCUT2D eigenvalue weighted by atomic mass is 9.53. The molecular formula is C28H33N3O2. The van der Waals surface area contributed by atoms with Crippen LogP contribution in [0.25, 0.3) is 0 Å². The number of phenols is 1. The summed E-state index contributed by atoms with van der Waals surface area (Å²) in [5.41, 5.74) is 3.68. The Balaban J connectivity index is 1.24. The van der Waals surface area contributed by atoms with Crippen molar-refractivity contribution in [3.8, 4) is 5.75 Å². The first-order valence-corrected chi connectivity index (χ1v) is 12.5. The maximum atomic E-state index is 12.1. The predicted octanol–water partition coefficient (Wildman–Crippen LogP) is 4.97. The van der Waals surface area contributed by atoms with E-state index >= 15 is 0 Å². The van der Waals surface area contributed by atoms with Crippen molar-refractivity contribution in [3.05, 3.63) is 77.1 Å². The van der Waals surface area contributed by atoms with Gasteiger partial charge in [0.25, 0.3) is 0 Å². The molecule has 0 aliphatic heterocycles. The van der Waals surface area contributed by atoms with Crippen molar-refractivity contribution in [1.29, 1.82) is 0 Å². The first kappa shape index (κ1) is 20.9. The Morgan fingerprint density at radius 1 is 1.06 bits per heavy atom. The zero-order valence-electron chi connectivity index (χ0n) is 19.3. The molecular weight excluding hydrogens is 410 g/mol. The molecule has 2 saturated carbocycles. The Morgan fingerprint density at radius 2 is 1.91 bits per heavy atom. The molecule has 3 aliphatic rings. The molecule has 0 radical (unpaired) electrons. The van der Waals surface area contributed by atoms with E-state index < -0.39 is 5.60 Å². The molecule has 172 valence electrons. The third kappa shape index (κ3) is 3.23. The maximum Gasteiger partial charge on any atom is 0.116 e. The highest BCUT2D eigenvalue weighted by molar-refractivity contribution is 5.40. The van der Waals surface area contributed by atoms with Crippen molar-refractivity contribution in [1.82, 2.24) is 15.0 Å². The molecule has 0 unspecified atom stereocenters. The summed E-state index contributed by atoms with van der Waals surface area (Å²) in [6, 6.07) is 16.4. The quantitative estimate of drug-likeness (QED) is 0.597. The van der Waals surface area contributed by atoms with Crippen LogP contribution in [0.4, 0.5) is 0 Å². The van der Waals surface area contributed by atoms with Crippen LogP contribution in [0.15, 0.2) is 54.7 Å². The number of benzene rings is 2. The van der Waals surface area contributed by atoms with Gasteiger partial charge in [-0.15, -0.1) is 5.10 Å². The van der Waals surface area contributed by atoms with E-state index in [1.807, 2.05) is 29.1 Å². The van der Waals surface area contributed by atoms with Gasteiger partial charge in [-0.25, -0.2) is 0 Å². The van der Waals surface area contributed by atoms with E-state index in [-0.39, 0.29) is 5.41 Å². The predicted molar refractivity (Wildman–Crippen MR) is 127 cm³/mol. The van der Waals surface area contributed by atoms with Crippen molar-refractivity contribution in [2.75, 3.05) is 0 Å². The minimum absolute atomic E-state index is 0.178. The van der Waals surface area contributed by atoms with Gasteiger partial charge in [-0.1, -0.05) is 48.5 Å².